The summed E-state index contributed by atoms with van der Waals surface area (Å²) < 4.78 is 0. The molecule has 5 heteroatoms. The van der Waals surface area contributed by atoms with Gasteiger partial charge in [0.05, 0.1) is 6.54 Å². The van der Waals surface area contributed by atoms with Crippen molar-refractivity contribution in [2.24, 2.45) is 0 Å². The summed E-state index contributed by atoms with van der Waals surface area (Å²) in [6.45, 7) is 0.0467. The van der Waals surface area contributed by atoms with E-state index < -0.39 is 0 Å². The number of carbonyl (C=O) groups is 2. The summed E-state index contributed by atoms with van der Waals surface area (Å²) in [6, 6.07) is 10.4. The Kier molecular flexibility index (Phi) is 5.16. The van der Waals surface area contributed by atoms with Gasteiger partial charge in [0.25, 0.3) is 0 Å². The van der Waals surface area contributed by atoms with Crippen LogP contribution in [-0.4, -0.2) is 30.6 Å². The van der Waals surface area contributed by atoms with Crippen LogP contribution in [0.25, 0.3) is 0 Å². The minimum atomic E-state index is -0.257. The van der Waals surface area contributed by atoms with E-state index in [9.17, 15) is 9.59 Å². The summed E-state index contributed by atoms with van der Waals surface area (Å²) in [4.78, 5) is 23.7. The molecule has 2 atom stereocenters. The highest BCUT2D eigenvalue weighted by Crippen LogP contribution is 2.40. The molecule has 23 heavy (non-hydrogen) atoms. The number of carbonyl (C=O) groups excluding carboxylic acids is 2. The summed E-state index contributed by atoms with van der Waals surface area (Å²) in [6.07, 6.45) is 6.70. The van der Waals surface area contributed by atoms with Crippen molar-refractivity contribution in [2.45, 2.75) is 56.5 Å². The minimum Gasteiger partial charge on any atom is -0.352 e. The maximum Gasteiger partial charge on any atom is 0.315 e. The molecule has 3 rings (SSSR count). The standard InChI is InChI=1S/C18H25N3O2/c22-17(20-14-9-5-2-6-10-14)12-19-18(23)21-16-11-15(16)13-7-3-1-4-8-13/h1,3-4,7-8,14-16H,2,5-6,9-12H2,(H,20,22)(H2,19,21,23). The predicted octanol–water partition coefficient (Wildman–Crippen LogP) is 2.29. The average Bonchev–Trinajstić information content (AvgIpc) is 3.34. The van der Waals surface area contributed by atoms with E-state index in [0.29, 0.717) is 5.92 Å². The van der Waals surface area contributed by atoms with Crippen molar-refractivity contribution >= 4 is 11.9 Å². The summed E-state index contributed by atoms with van der Waals surface area (Å²) in [5.41, 5.74) is 1.26. The molecule has 0 saturated heterocycles. The Hall–Kier alpha value is -2.04. The number of hydrogen-bond donors (Lipinski definition) is 3. The van der Waals surface area contributed by atoms with Gasteiger partial charge < -0.3 is 16.0 Å². The minimum absolute atomic E-state index is 0.0467. The van der Waals surface area contributed by atoms with E-state index in [-0.39, 0.29) is 30.6 Å². The molecule has 2 saturated carbocycles. The van der Waals surface area contributed by atoms with E-state index in [2.05, 4.69) is 28.1 Å². The number of benzene rings is 1. The first-order valence-electron chi connectivity index (χ1n) is 8.61. The normalized spacial score (nSPS) is 23.8. The first kappa shape index (κ1) is 15.8. The monoisotopic (exact) mass is 315 g/mol. The Morgan fingerprint density at radius 3 is 2.48 bits per heavy atom. The van der Waals surface area contributed by atoms with Crippen LogP contribution in [0, 0.1) is 0 Å². The number of urea groups is 1. The van der Waals surface area contributed by atoms with Crippen molar-refractivity contribution < 1.29 is 9.59 Å². The quantitative estimate of drug-likeness (QED) is 0.780. The fraction of sp³-hybridized carbons (Fsp3) is 0.556. The van der Waals surface area contributed by atoms with Crippen molar-refractivity contribution in [1.29, 1.82) is 0 Å². The van der Waals surface area contributed by atoms with E-state index in [1.807, 2.05) is 18.2 Å². The van der Waals surface area contributed by atoms with Gasteiger partial charge in [-0.05, 0) is 24.8 Å². The van der Waals surface area contributed by atoms with Gasteiger partial charge in [0, 0.05) is 18.0 Å². The lowest BCUT2D eigenvalue weighted by molar-refractivity contribution is -0.121. The molecule has 5 nitrogen and oxygen atoms in total. The molecule has 0 radical (unpaired) electrons. The van der Waals surface area contributed by atoms with Crippen LogP contribution in [0.15, 0.2) is 30.3 Å². The van der Waals surface area contributed by atoms with E-state index in [0.717, 1.165) is 19.3 Å². The van der Waals surface area contributed by atoms with Crippen LogP contribution in [0.3, 0.4) is 0 Å². The molecular formula is C18H25N3O2. The average molecular weight is 315 g/mol. The molecule has 3 N–H and O–H groups in total. The molecule has 3 amide bonds. The van der Waals surface area contributed by atoms with Crippen LogP contribution < -0.4 is 16.0 Å². The Balaban J connectivity index is 1.33. The molecule has 0 bridgehead atoms. The molecule has 0 aliphatic heterocycles. The highest BCUT2D eigenvalue weighted by molar-refractivity contribution is 5.84. The molecule has 0 heterocycles. The van der Waals surface area contributed by atoms with E-state index in [1.54, 1.807) is 0 Å². The van der Waals surface area contributed by atoms with Crippen LogP contribution in [0.5, 0.6) is 0 Å². The van der Waals surface area contributed by atoms with Gasteiger partial charge in [-0.25, -0.2) is 4.79 Å². The van der Waals surface area contributed by atoms with Gasteiger partial charge in [0.2, 0.25) is 5.91 Å². The Morgan fingerprint density at radius 2 is 1.74 bits per heavy atom. The Morgan fingerprint density at radius 1 is 1.00 bits per heavy atom. The second-order valence-corrected chi connectivity index (χ2v) is 6.59. The third-order valence-electron chi connectivity index (χ3n) is 4.71. The third-order valence-corrected chi connectivity index (χ3v) is 4.71. The van der Waals surface area contributed by atoms with Gasteiger partial charge in [-0.1, -0.05) is 49.6 Å². The summed E-state index contributed by atoms with van der Waals surface area (Å²) in [5, 5.41) is 8.58. The van der Waals surface area contributed by atoms with Crippen molar-refractivity contribution in [2.75, 3.05) is 6.54 Å². The lowest BCUT2D eigenvalue weighted by atomic mass is 9.95. The summed E-state index contributed by atoms with van der Waals surface area (Å²) in [5.74, 6) is 0.306. The first-order valence-corrected chi connectivity index (χ1v) is 8.61. The molecule has 2 fully saturated rings. The second kappa shape index (κ2) is 7.49. The molecule has 0 aromatic heterocycles. The zero-order valence-electron chi connectivity index (χ0n) is 13.4. The molecule has 2 unspecified atom stereocenters. The Bertz CT molecular complexity index is 540. The molecule has 2 aliphatic rings. The maximum absolute atomic E-state index is 11.9. The van der Waals surface area contributed by atoms with Gasteiger partial charge in [0.1, 0.15) is 0 Å². The van der Waals surface area contributed by atoms with Crippen molar-refractivity contribution in [1.82, 2.24) is 16.0 Å². The molecule has 0 spiro atoms. The van der Waals surface area contributed by atoms with Crippen molar-refractivity contribution in [3.8, 4) is 0 Å². The fourth-order valence-corrected chi connectivity index (χ4v) is 3.33. The second-order valence-electron chi connectivity index (χ2n) is 6.59. The predicted molar refractivity (Wildman–Crippen MR) is 89.1 cm³/mol. The van der Waals surface area contributed by atoms with Crippen LogP contribution in [0.1, 0.15) is 50.0 Å². The van der Waals surface area contributed by atoms with Crippen LogP contribution >= 0.6 is 0 Å². The highest BCUT2D eigenvalue weighted by atomic mass is 16.2. The third kappa shape index (κ3) is 4.71. The molecule has 2 aliphatic carbocycles. The largest absolute Gasteiger partial charge is 0.352 e. The van der Waals surface area contributed by atoms with Crippen LogP contribution in [-0.2, 0) is 4.79 Å². The zero-order chi connectivity index (χ0) is 16.1. The number of amides is 3. The SMILES string of the molecule is O=C(CNC(=O)NC1CC1c1ccccc1)NC1CCCCC1. The van der Waals surface area contributed by atoms with Gasteiger partial charge >= 0.3 is 6.03 Å². The lowest BCUT2D eigenvalue weighted by Gasteiger charge is -2.22. The van der Waals surface area contributed by atoms with E-state index in [1.165, 1.54) is 24.8 Å². The topological polar surface area (TPSA) is 70.2 Å². The van der Waals surface area contributed by atoms with E-state index >= 15 is 0 Å². The van der Waals surface area contributed by atoms with Gasteiger partial charge in [-0.2, -0.15) is 0 Å². The Labute approximate surface area is 137 Å². The van der Waals surface area contributed by atoms with Crippen molar-refractivity contribution in [3.05, 3.63) is 35.9 Å². The summed E-state index contributed by atoms with van der Waals surface area (Å²) >= 11 is 0. The zero-order valence-corrected chi connectivity index (χ0v) is 13.4. The number of rotatable bonds is 5. The summed E-state index contributed by atoms with van der Waals surface area (Å²) in [7, 11) is 0. The number of nitrogens with one attached hydrogen (secondary N) is 3. The molecule has 1 aromatic carbocycles. The molecular weight excluding hydrogens is 290 g/mol. The number of hydrogen-bond acceptors (Lipinski definition) is 2. The van der Waals surface area contributed by atoms with Gasteiger partial charge in [0.15, 0.2) is 0 Å². The van der Waals surface area contributed by atoms with Crippen LogP contribution in [0.4, 0.5) is 4.79 Å². The first-order chi connectivity index (χ1) is 11.2. The van der Waals surface area contributed by atoms with Gasteiger partial charge in [-0.15, -0.1) is 0 Å². The highest BCUT2D eigenvalue weighted by Gasteiger charge is 2.39. The maximum atomic E-state index is 11.9. The lowest BCUT2D eigenvalue weighted by Crippen LogP contribution is -2.45. The van der Waals surface area contributed by atoms with E-state index in [4.69, 9.17) is 0 Å². The van der Waals surface area contributed by atoms with Gasteiger partial charge in [-0.3, -0.25) is 4.79 Å². The molecule has 1 aromatic rings. The van der Waals surface area contributed by atoms with Crippen LogP contribution in [0.2, 0.25) is 0 Å². The fourth-order valence-electron chi connectivity index (χ4n) is 3.33. The molecule has 124 valence electrons. The smallest absolute Gasteiger partial charge is 0.315 e. The van der Waals surface area contributed by atoms with Crippen molar-refractivity contribution in [3.63, 3.8) is 0 Å².